The van der Waals surface area contributed by atoms with Crippen LogP contribution < -0.4 is 9.64 Å². The van der Waals surface area contributed by atoms with Crippen molar-refractivity contribution in [3.8, 4) is 17.0 Å². The number of likely N-dealkylation sites (tertiary alicyclic amines) is 1. The third-order valence-corrected chi connectivity index (χ3v) is 6.50. The smallest absolute Gasteiger partial charge is 0.295 e. The normalized spacial score (nSPS) is 14.9. The van der Waals surface area contributed by atoms with Gasteiger partial charge in [-0.05, 0) is 75.3 Å². The molecule has 3 heterocycles. The van der Waals surface area contributed by atoms with Crippen molar-refractivity contribution in [2.24, 2.45) is 0 Å². The maximum absolute atomic E-state index is 13.1. The van der Waals surface area contributed by atoms with Crippen molar-refractivity contribution in [3.05, 3.63) is 53.8 Å². The van der Waals surface area contributed by atoms with E-state index in [0.29, 0.717) is 17.4 Å². The largest absolute Gasteiger partial charge is 0.497 e. The number of hydrogen-bond acceptors (Lipinski definition) is 6. The van der Waals surface area contributed by atoms with E-state index in [4.69, 9.17) is 14.1 Å². The highest BCUT2D eigenvalue weighted by molar-refractivity contribution is 7.14. The van der Waals surface area contributed by atoms with Gasteiger partial charge in [-0.2, -0.15) is 0 Å². The molecule has 1 amide bonds. The first-order chi connectivity index (χ1) is 15.2. The zero-order valence-electron chi connectivity index (χ0n) is 18.0. The summed E-state index contributed by atoms with van der Waals surface area (Å²) in [6, 6.07) is 11.3. The van der Waals surface area contributed by atoms with Crippen molar-refractivity contribution < 1.29 is 13.9 Å². The average molecular weight is 440 g/mol. The summed E-state index contributed by atoms with van der Waals surface area (Å²) >= 11 is 1.48. The first-order valence-corrected chi connectivity index (χ1v) is 11.8. The average Bonchev–Trinajstić information content (AvgIpc) is 3.45. The van der Waals surface area contributed by atoms with E-state index in [-0.39, 0.29) is 5.91 Å². The van der Waals surface area contributed by atoms with Gasteiger partial charge in [0.05, 0.1) is 19.1 Å². The van der Waals surface area contributed by atoms with E-state index in [9.17, 15) is 4.79 Å². The van der Waals surface area contributed by atoms with Gasteiger partial charge in [-0.1, -0.05) is 12.8 Å². The first-order valence-electron chi connectivity index (χ1n) is 10.9. The Morgan fingerprint density at radius 1 is 1.16 bits per heavy atom. The predicted octanol–water partition coefficient (Wildman–Crippen LogP) is 5.32. The number of amides is 1. The number of thiazole rings is 1. The molecule has 1 aliphatic rings. The van der Waals surface area contributed by atoms with Crippen molar-refractivity contribution in [1.29, 1.82) is 0 Å². The molecule has 1 fully saturated rings. The van der Waals surface area contributed by atoms with E-state index < -0.39 is 0 Å². The number of anilines is 1. The topological polar surface area (TPSA) is 58.8 Å². The summed E-state index contributed by atoms with van der Waals surface area (Å²) in [4.78, 5) is 22.2. The second-order valence-electron chi connectivity index (χ2n) is 7.79. The van der Waals surface area contributed by atoms with Crippen LogP contribution in [0.3, 0.4) is 0 Å². The van der Waals surface area contributed by atoms with E-state index in [1.807, 2.05) is 29.6 Å². The molecule has 0 spiro atoms. The van der Waals surface area contributed by atoms with Crippen LogP contribution in [-0.4, -0.2) is 49.1 Å². The Morgan fingerprint density at radius 3 is 2.61 bits per heavy atom. The number of carbonyl (C=O) groups excluding carboxylic acids is 1. The number of benzene rings is 1. The van der Waals surface area contributed by atoms with E-state index in [1.165, 1.54) is 43.3 Å². The van der Waals surface area contributed by atoms with Gasteiger partial charge in [0.25, 0.3) is 5.91 Å². The molecule has 0 bridgehead atoms. The molecule has 7 heteroatoms. The highest BCUT2D eigenvalue weighted by atomic mass is 32.1. The van der Waals surface area contributed by atoms with E-state index in [1.54, 1.807) is 24.1 Å². The van der Waals surface area contributed by atoms with Crippen LogP contribution in [0.25, 0.3) is 11.3 Å². The highest BCUT2D eigenvalue weighted by Gasteiger charge is 2.23. The Balaban J connectivity index is 1.48. The number of methoxy groups -OCH3 is 1. The lowest BCUT2D eigenvalue weighted by atomic mass is 10.2. The molecule has 0 N–H and O–H groups in total. The maximum atomic E-state index is 13.1. The Hall–Kier alpha value is -2.64. The van der Waals surface area contributed by atoms with Crippen molar-refractivity contribution in [1.82, 2.24) is 9.88 Å². The number of ether oxygens (including phenoxy) is 1. The molecule has 1 saturated heterocycles. The van der Waals surface area contributed by atoms with Crippen molar-refractivity contribution in [3.63, 3.8) is 0 Å². The molecule has 1 aromatic carbocycles. The number of rotatable bonds is 8. The molecule has 164 valence electrons. The second-order valence-corrected chi connectivity index (χ2v) is 8.62. The van der Waals surface area contributed by atoms with Gasteiger partial charge >= 0.3 is 0 Å². The van der Waals surface area contributed by atoms with Gasteiger partial charge in [-0.3, -0.25) is 9.69 Å². The van der Waals surface area contributed by atoms with Gasteiger partial charge in [0.2, 0.25) is 0 Å². The number of furan rings is 1. The molecule has 0 radical (unpaired) electrons. The van der Waals surface area contributed by atoms with Crippen LogP contribution in [0.5, 0.6) is 5.75 Å². The van der Waals surface area contributed by atoms with Crippen molar-refractivity contribution >= 4 is 22.4 Å². The molecule has 0 aliphatic carbocycles. The van der Waals surface area contributed by atoms with Gasteiger partial charge in [-0.25, -0.2) is 4.98 Å². The lowest BCUT2D eigenvalue weighted by Gasteiger charge is -2.23. The van der Waals surface area contributed by atoms with Gasteiger partial charge in [0, 0.05) is 17.5 Å². The predicted molar refractivity (Wildman–Crippen MR) is 124 cm³/mol. The minimum absolute atomic E-state index is 0.142. The summed E-state index contributed by atoms with van der Waals surface area (Å²) in [6.45, 7) is 3.93. The third kappa shape index (κ3) is 5.54. The molecule has 0 unspecified atom stereocenters. The second kappa shape index (κ2) is 10.6. The summed E-state index contributed by atoms with van der Waals surface area (Å²) in [5.74, 6) is 1.01. The monoisotopic (exact) mass is 439 g/mol. The summed E-state index contributed by atoms with van der Waals surface area (Å²) in [6.07, 6.45) is 7.64. The quantitative estimate of drug-likeness (QED) is 0.475. The first kappa shape index (κ1) is 21.6. The highest BCUT2D eigenvalue weighted by Crippen LogP contribution is 2.29. The fraction of sp³-hybridized carbons (Fsp3) is 0.417. The lowest BCUT2D eigenvalue weighted by molar-refractivity contribution is 0.0959. The SMILES string of the molecule is COc1ccc(-c2csc(N(CCCN3CCCCCC3)C(=O)c3ccco3)n2)cc1. The van der Waals surface area contributed by atoms with Gasteiger partial charge in [0.15, 0.2) is 10.9 Å². The van der Waals surface area contributed by atoms with Crippen LogP contribution in [0.4, 0.5) is 5.13 Å². The molecular weight excluding hydrogens is 410 g/mol. The molecule has 0 saturated carbocycles. The molecular formula is C24H29N3O3S. The number of hydrogen-bond donors (Lipinski definition) is 0. The molecule has 6 nitrogen and oxygen atoms in total. The molecule has 2 aromatic heterocycles. The van der Waals surface area contributed by atoms with Gasteiger partial charge in [-0.15, -0.1) is 11.3 Å². The molecule has 1 aliphatic heterocycles. The maximum Gasteiger partial charge on any atom is 0.295 e. The van der Waals surface area contributed by atoms with Gasteiger partial charge < -0.3 is 14.1 Å². The fourth-order valence-corrected chi connectivity index (χ4v) is 4.77. The van der Waals surface area contributed by atoms with Crippen LogP contribution in [0.15, 0.2) is 52.5 Å². The number of carbonyl (C=O) groups is 1. The van der Waals surface area contributed by atoms with E-state index >= 15 is 0 Å². The lowest BCUT2D eigenvalue weighted by Crippen LogP contribution is -2.34. The standard InChI is InChI=1S/C24H29N3O3S/c1-29-20-11-9-19(10-12-20)21-18-31-24(25-21)27(23(28)22-8-6-17-30-22)16-7-15-26-13-4-2-3-5-14-26/h6,8-12,17-18H,2-5,7,13-16H2,1H3. The van der Waals surface area contributed by atoms with Crippen LogP contribution in [0, 0.1) is 0 Å². The summed E-state index contributed by atoms with van der Waals surface area (Å²) in [7, 11) is 1.65. The fourth-order valence-electron chi connectivity index (χ4n) is 3.91. The van der Waals surface area contributed by atoms with Gasteiger partial charge in [0.1, 0.15) is 5.75 Å². The Morgan fingerprint density at radius 2 is 1.94 bits per heavy atom. The Labute approximate surface area is 187 Å². The number of nitrogens with zero attached hydrogens (tertiary/aromatic N) is 3. The minimum Gasteiger partial charge on any atom is -0.497 e. The molecule has 31 heavy (non-hydrogen) atoms. The zero-order valence-corrected chi connectivity index (χ0v) is 18.8. The van der Waals surface area contributed by atoms with Crippen LogP contribution >= 0.6 is 11.3 Å². The summed E-state index contributed by atoms with van der Waals surface area (Å²) < 4.78 is 10.6. The van der Waals surface area contributed by atoms with Crippen LogP contribution in [0.1, 0.15) is 42.7 Å². The third-order valence-electron chi connectivity index (χ3n) is 5.64. The molecule has 4 rings (SSSR count). The molecule has 0 atom stereocenters. The summed E-state index contributed by atoms with van der Waals surface area (Å²) in [5, 5.41) is 2.69. The molecule has 3 aromatic rings. The number of aromatic nitrogens is 1. The Kier molecular flexibility index (Phi) is 7.38. The van der Waals surface area contributed by atoms with Crippen LogP contribution in [0.2, 0.25) is 0 Å². The van der Waals surface area contributed by atoms with Crippen molar-refractivity contribution in [2.45, 2.75) is 32.1 Å². The van der Waals surface area contributed by atoms with Crippen molar-refractivity contribution in [2.75, 3.05) is 38.2 Å². The summed E-state index contributed by atoms with van der Waals surface area (Å²) in [5.41, 5.74) is 1.85. The van der Waals surface area contributed by atoms with E-state index in [2.05, 4.69) is 4.90 Å². The van der Waals surface area contributed by atoms with Crippen LogP contribution in [-0.2, 0) is 0 Å². The Bertz CT molecular complexity index is 945. The van der Waals surface area contributed by atoms with E-state index in [0.717, 1.165) is 43.1 Å². The zero-order chi connectivity index (χ0) is 21.5. The minimum atomic E-state index is -0.142.